The van der Waals surface area contributed by atoms with Crippen LogP contribution in [0.4, 0.5) is 21.0 Å². The molecule has 0 radical (unpaired) electrons. The van der Waals surface area contributed by atoms with Crippen molar-refractivity contribution in [1.29, 1.82) is 0 Å². The third kappa shape index (κ3) is 5.78. The van der Waals surface area contributed by atoms with Gasteiger partial charge in [-0.1, -0.05) is 74.5 Å². The highest BCUT2D eigenvalue weighted by molar-refractivity contribution is 6.01. The maximum absolute atomic E-state index is 14.2. The molecule has 2 heterocycles. The number of aliphatic carboxylic acids is 1. The van der Waals surface area contributed by atoms with E-state index in [1.807, 2.05) is 72.8 Å². The number of nitrogens with zero attached hydrogens (tertiary/aromatic N) is 4. The minimum Gasteiger partial charge on any atom is -0.480 e. The van der Waals surface area contributed by atoms with Crippen LogP contribution in [0.3, 0.4) is 0 Å². The molecule has 3 aromatic rings. The second-order valence-corrected chi connectivity index (χ2v) is 11.3. The quantitative estimate of drug-likeness (QED) is 0.387. The van der Waals surface area contributed by atoms with E-state index in [9.17, 15) is 19.5 Å². The molecule has 4 amide bonds. The van der Waals surface area contributed by atoms with E-state index >= 15 is 0 Å². The van der Waals surface area contributed by atoms with E-state index in [-0.39, 0.29) is 18.6 Å². The van der Waals surface area contributed by atoms with Crippen molar-refractivity contribution in [3.05, 3.63) is 96.1 Å². The molecule has 1 N–H and O–H groups in total. The number of amides is 4. The lowest BCUT2D eigenvalue weighted by atomic mass is 9.86. The van der Waals surface area contributed by atoms with E-state index in [0.29, 0.717) is 36.7 Å². The lowest BCUT2D eigenvalue weighted by Crippen LogP contribution is -2.72. The maximum Gasteiger partial charge on any atom is 0.329 e. The van der Waals surface area contributed by atoms with Gasteiger partial charge < -0.3 is 19.8 Å². The summed E-state index contributed by atoms with van der Waals surface area (Å²) in [5.74, 6) is -0.677. The van der Waals surface area contributed by atoms with E-state index < -0.39 is 24.1 Å². The summed E-state index contributed by atoms with van der Waals surface area (Å²) in [6.45, 7) is 4.87. The SMILES string of the molecule is CC(C)c1ccc(CN(C)C(=O)N2[C@H]3CCC[C@@H]2[C@@H](C(=O)O)N(C(=O)N(c2ccccc2)c2ccccc2)C3)cc1. The topological polar surface area (TPSA) is 84.4 Å². The molecule has 0 unspecified atom stereocenters. The lowest BCUT2D eigenvalue weighted by molar-refractivity contribution is -0.148. The number of carboxylic acid groups (broad SMARTS) is 1. The lowest BCUT2D eigenvalue weighted by Gasteiger charge is -2.54. The number of hydrogen-bond acceptors (Lipinski definition) is 3. The van der Waals surface area contributed by atoms with Gasteiger partial charge in [-0.2, -0.15) is 0 Å². The molecular weight excluding hydrogens is 516 g/mol. The summed E-state index contributed by atoms with van der Waals surface area (Å²) >= 11 is 0. The molecule has 3 aromatic carbocycles. The number of likely N-dealkylation sites (tertiary alicyclic amines) is 1. The van der Waals surface area contributed by atoms with Crippen molar-refractivity contribution in [2.24, 2.45) is 0 Å². The maximum atomic E-state index is 14.2. The highest BCUT2D eigenvalue weighted by Gasteiger charge is 2.52. The Kier molecular flexibility index (Phi) is 8.28. The number of carbonyl (C=O) groups excluding carboxylic acids is 2. The summed E-state index contributed by atoms with van der Waals surface area (Å²) in [5.41, 5.74) is 3.56. The number of benzene rings is 3. The minimum atomic E-state index is -1.16. The van der Waals surface area contributed by atoms with Crippen molar-refractivity contribution < 1.29 is 19.5 Å². The number of carboxylic acids is 1. The van der Waals surface area contributed by atoms with Gasteiger partial charge in [-0.25, -0.2) is 14.4 Å². The van der Waals surface area contributed by atoms with Crippen LogP contribution in [0.25, 0.3) is 0 Å². The molecule has 2 bridgehead atoms. The van der Waals surface area contributed by atoms with Gasteiger partial charge in [0.1, 0.15) is 0 Å². The molecule has 2 aliphatic rings. The molecule has 8 nitrogen and oxygen atoms in total. The Morgan fingerprint density at radius 1 is 0.854 bits per heavy atom. The fraction of sp³-hybridized carbons (Fsp3) is 0.364. The highest BCUT2D eigenvalue weighted by atomic mass is 16.4. The average molecular weight is 555 g/mol. The van der Waals surface area contributed by atoms with Crippen molar-refractivity contribution in [2.75, 3.05) is 18.5 Å². The predicted molar refractivity (Wildman–Crippen MR) is 159 cm³/mol. The molecule has 0 saturated carbocycles. The van der Waals surface area contributed by atoms with Crippen LogP contribution < -0.4 is 4.90 Å². The Labute approximate surface area is 241 Å². The number of piperazine rings is 1. The summed E-state index contributed by atoms with van der Waals surface area (Å²) in [5, 5.41) is 10.5. The molecule has 2 aliphatic heterocycles. The van der Waals surface area contributed by atoms with Gasteiger partial charge in [0.05, 0.1) is 23.5 Å². The van der Waals surface area contributed by atoms with Crippen LogP contribution in [0, 0.1) is 0 Å². The van der Waals surface area contributed by atoms with Crippen LogP contribution in [-0.4, -0.2) is 69.6 Å². The zero-order chi connectivity index (χ0) is 29.1. The molecule has 214 valence electrons. The number of para-hydroxylation sites is 2. The third-order valence-corrected chi connectivity index (χ3v) is 8.23. The molecule has 5 rings (SSSR count). The zero-order valence-corrected chi connectivity index (χ0v) is 23.9. The van der Waals surface area contributed by atoms with Crippen LogP contribution in [0.2, 0.25) is 0 Å². The van der Waals surface area contributed by atoms with Crippen LogP contribution in [0.1, 0.15) is 50.2 Å². The largest absolute Gasteiger partial charge is 0.480 e. The van der Waals surface area contributed by atoms with Crippen molar-refractivity contribution in [1.82, 2.24) is 14.7 Å². The minimum absolute atomic E-state index is 0.158. The van der Waals surface area contributed by atoms with Crippen LogP contribution in [0.5, 0.6) is 0 Å². The second kappa shape index (κ2) is 12.0. The Bertz CT molecular complexity index is 1320. The summed E-state index contributed by atoms with van der Waals surface area (Å²) < 4.78 is 0. The molecule has 8 heteroatoms. The van der Waals surface area contributed by atoms with Crippen molar-refractivity contribution in [2.45, 2.75) is 63.7 Å². The Morgan fingerprint density at radius 2 is 1.44 bits per heavy atom. The molecule has 0 aliphatic carbocycles. The molecule has 41 heavy (non-hydrogen) atoms. The van der Waals surface area contributed by atoms with Gasteiger partial charge in [0.25, 0.3) is 0 Å². The smallest absolute Gasteiger partial charge is 0.329 e. The van der Waals surface area contributed by atoms with Crippen molar-refractivity contribution in [3.8, 4) is 0 Å². The van der Waals surface area contributed by atoms with Gasteiger partial charge in [-0.3, -0.25) is 4.90 Å². The van der Waals surface area contributed by atoms with Crippen molar-refractivity contribution >= 4 is 29.4 Å². The first-order valence-corrected chi connectivity index (χ1v) is 14.3. The number of hydrogen-bond donors (Lipinski definition) is 1. The van der Waals surface area contributed by atoms with Crippen molar-refractivity contribution in [3.63, 3.8) is 0 Å². The molecule has 0 aromatic heterocycles. The van der Waals surface area contributed by atoms with Crippen LogP contribution >= 0.6 is 0 Å². The number of anilines is 2. The van der Waals surface area contributed by atoms with E-state index in [4.69, 9.17) is 0 Å². The second-order valence-electron chi connectivity index (χ2n) is 11.3. The third-order valence-electron chi connectivity index (χ3n) is 8.23. The van der Waals surface area contributed by atoms with Gasteiger partial charge in [0.2, 0.25) is 0 Å². The predicted octanol–water partition coefficient (Wildman–Crippen LogP) is 6.31. The number of piperidine rings is 1. The fourth-order valence-electron chi connectivity index (χ4n) is 6.14. The number of fused-ring (bicyclic) bond motifs is 2. The number of carbonyl (C=O) groups is 3. The van der Waals surface area contributed by atoms with E-state index in [0.717, 1.165) is 12.0 Å². The molecule has 3 atom stereocenters. The first-order valence-electron chi connectivity index (χ1n) is 14.3. The number of urea groups is 2. The Hall–Kier alpha value is -4.33. The summed E-state index contributed by atoms with van der Waals surface area (Å²) in [7, 11) is 1.76. The van der Waals surface area contributed by atoms with Crippen LogP contribution in [0.15, 0.2) is 84.9 Å². The van der Waals surface area contributed by atoms with Crippen LogP contribution in [-0.2, 0) is 11.3 Å². The normalized spacial score (nSPS) is 20.0. The van der Waals surface area contributed by atoms with Gasteiger partial charge in [-0.05, 0) is 60.6 Å². The highest BCUT2D eigenvalue weighted by Crippen LogP contribution is 2.36. The van der Waals surface area contributed by atoms with Gasteiger partial charge in [-0.15, -0.1) is 0 Å². The Morgan fingerprint density at radius 3 is 1.98 bits per heavy atom. The van der Waals surface area contributed by atoms with E-state index in [1.165, 1.54) is 10.5 Å². The van der Waals surface area contributed by atoms with E-state index in [2.05, 4.69) is 26.0 Å². The Balaban J connectivity index is 1.42. The summed E-state index contributed by atoms with van der Waals surface area (Å²) in [6.07, 6.45) is 2.05. The van der Waals surface area contributed by atoms with Gasteiger partial charge in [0, 0.05) is 20.1 Å². The standard InChI is InChI=1S/C33H38N4O4/c1-23(2)25-19-17-24(18-20-25)21-34(3)32(40)37-28-15-10-16-29(37)30(31(38)39)35(22-28)33(41)36(26-11-6-4-7-12-26)27-13-8-5-9-14-27/h4-9,11-14,17-20,23,28-30H,10,15-16,21-22H2,1-3H3,(H,38,39)/t28-,29+,30-/m0/s1. The molecule has 2 saturated heterocycles. The summed E-state index contributed by atoms with van der Waals surface area (Å²) in [4.78, 5) is 47.3. The molecular formula is C33H38N4O4. The fourth-order valence-corrected chi connectivity index (χ4v) is 6.14. The number of rotatable bonds is 6. The summed E-state index contributed by atoms with van der Waals surface area (Å²) in [6, 6.07) is 24.1. The van der Waals surface area contributed by atoms with E-state index in [1.54, 1.807) is 21.7 Å². The molecule has 0 spiro atoms. The zero-order valence-electron chi connectivity index (χ0n) is 23.9. The first-order chi connectivity index (χ1) is 19.8. The average Bonchev–Trinajstić information content (AvgIpc) is 2.97. The molecule has 2 fully saturated rings. The monoisotopic (exact) mass is 554 g/mol. The van der Waals surface area contributed by atoms with Gasteiger partial charge in [0.15, 0.2) is 6.04 Å². The first kappa shape index (κ1) is 28.2. The van der Waals surface area contributed by atoms with Gasteiger partial charge >= 0.3 is 18.0 Å².